The number of likely N-dealkylation sites (tertiary alicyclic amines) is 1. The normalized spacial score (nSPS) is 18.4. The molecular formula is C15H26N4O. The molecule has 2 heterocycles. The highest BCUT2D eigenvalue weighted by Crippen LogP contribution is 2.25. The monoisotopic (exact) mass is 278 g/mol. The van der Waals surface area contributed by atoms with E-state index in [2.05, 4.69) is 22.1 Å². The maximum Gasteiger partial charge on any atom is 0.188 e. The maximum atomic E-state index is 5.90. The van der Waals surface area contributed by atoms with Gasteiger partial charge in [0, 0.05) is 6.54 Å². The van der Waals surface area contributed by atoms with Crippen LogP contribution in [0.15, 0.2) is 27.8 Å². The van der Waals surface area contributed by atoms with Gasteiger partial charge in [-0.3, -0.25) is 9.89 Å². The summed E-state index contributed by atoms with van der Waals surface area (Å²) in [5.41, 5.74) is 5.90. The number of guanidine groups is 1. The van der Waals surface area contributed by atoms with Gasteiger partial charge in [0.1, 0.15) is 5.76 Å². The summed E-state index contributed by atoms with van der Waals surface area (Å²) in [5.74, 6) is 1.52. The Bertz CT molecular complexity index is 396. The van der Waals surface area contributed by atoms with E-state index >= 15 is 0 Å². The second-order valence-electron chi connectivity index (χ2n) is 5.28. The summed E-state index contributed by atoms with van der Waals surface area (Å²) in [6, 6.07) is 4.17. The maximum absolute atomic E-state index is 5.90. The summed E-state index contributed by atoms with van der Waals surface area (Å²) in [7, 11) is 0. The Morgan fingerprint density at radius 1 is 1.50 bits per heavy atom. The average Bonchev–Trinajstić information content (AvgIpc) is 3.12. The molecule has 1 aromatic heterocycles. The van der Waals surface area contributed by atoms with Crippen LogP contribution in [0.1, 0.15) is 44.4 Å². The van der Waals surface area contributed by atoms with Crippen molar-refractivity contribution in [3.63, 3.8) is 0 Å². The molecule has 20 heavy (non-hydrogen) atoms. The first-order valence-corrected chi connectivity index (χ1v) is 7.62. The molecule has 0 saturated carbocycles. The van der Waals surface area contributed by atoms with Gasteiger partial charge in [-0.05, 0) is 44.5 Å². The molecule has 0 aliphatic carbocycles. The SMILES string of the molecule is CCCCNC(N)=NCC(c1ccco1)N1CCCC1. The minimum Gasteiger partial charge on any atom is -0.468 e. The van der Waals surface area contributed by atoms with Crippen LogP contribution >= 0.6 is 0 Å². The summed E-state index contributed by atoms with van der Waals surface area (Å²) in [4.78, 5) is 6.91. The number of hydrogen-bond acceptors (Lipinski definition) is 3. The van der Waals surface area contributed by atoms with Gasteiger partial charge >= 0.3 is 0 Å². The first-order valence-electron chi connectivity index (χ1n) is 7.62. The molecule has 0 bridgehead atoms. The van der Waals surface area contributed by atoms with E-state index in [1.54, 1.807) is 6.26 Å². The Morgan fingerprint density at radius 2 is 2.30 bits per heavy atom. The van der Waals surface area contributed by atoms with E-state index in [0.717, 1.165) is 38.2 Å². The number of nitrogens with zero attached hydrogens (tertiary/aromatic N) is 2. The molecule has 1 aromatic rings. The van der Waals surface area contributed by atoms with Crippen molar-refractivity contribution in [3.05, 3.63) is 24.2 Å². The van der Waals surface area contributed by atoms with Crippen molar-refractivity contribution in [2.75, 3.05) is 26.2 Å². The lowest BCUT2D eigenvalue weighted by molar-refractivity contribution is 0.221. The van der Waals surface area contributed by atoms with E-state index in [0.29, 0.717) is 12.5 Å². The summed E-state index contributed by atoms with van der Waals surface area (Å²) in [6.07, 6.45) is 6.51. The molecule has 2 rings (SSSR count). The lowest BCUT2D eigenvalue weighted by atomic mass is 10.2. The number of nitrogens with one attached hydrogen (secondary N) is 1. The molecule has 1 saturated heterocycles. The van der Waals surface area contributed by atoms with Crippen LogP contribution in [0.4, 0.5) is 0 Å². The predicted octanol–water partition coefficient (Wildman–Crippen LogP) is 2.12. The second kappa shape index (κ2) is 7.94. The van der Waals surface area contributed by atoms with Crippen LogP contribution in [0.5, 0.6) is 0 Å². The number of rotatable bonds is 7. The van der Waals surface area contributed by atoms with Crippen LogP contribution in [-0.2, 0) is 0 Å². The lowest BCUT2D eigenvalue weighted by Crippen LogP contribution is -2.34. The zero-order valence-corrected chi connectivity index (χ0v) is 12.3. The fourth-order valence-corrected chi connectivity index (χ4v) is 2.55. The van der Waals surface area contributed by atoms with Crippen molar-refractivity contribution in [2.45, 2.75) is 38.6 Å². The van der Waals surface area contributed by atoms with Gasteiger partial charge in [-0.1, -0.05) is 13.3 Å². The zero-order valence-electron chi connectivity index (χ0n) is 12.3. The Morgan fingerprint density at radius 3 is 2.95 bits per heavy atom. The number of hydrogen-bond donors (Lipinski definition) is 2. The molecule has 5 heteroatoms. The summed E-state index contributed by atoms with van der Waals surface area (Å²) in [5, 5.41) is 3.15. The topological polar surface area (TPSA) is 66.8 Å². The molecule has 112 valence electrons. The third kappa shape index (κ3) is 4.27. The van der Waals surface area contributed by atoms with Gasteiger partial charge in [0.25, 0.3) is 0 Å². The summed E-state index contributed by atoms with van der Waals surface area (Å²) < 4.78 is 5.57. The molecule has 1 atom stereocenters. The molecule has 1 aliphatic rings. The number of nitrogens with two attached hydrogens (primary N) is 1. The number of aliphatic imine (C=N–C) groups is 1. The summed E-state index contributed by atoms with van der Waals surface area (Å²) >= 11 is 0. The minimum atomic E-state index is 0.207. The fourth-order valence-electron chi connectivity index (χ4n) is 2.55. The quantitative estimate of drug-likeness (QED) is 0.455. The fraction of sp³-hybridized carbons (Fsp3) is 0.667. The zero-order chi connectivity index (χ0) is 14.2. The van der Waals surface area contributed by atoms with Gasteiger partial charge in [0.05, 0.1) is 18.8 Å². The molecule has 0 amide bonds. The standard InChI is InChI=1S/C15H26N4O/c1-2-3-8-17-15(16)18-12-13(14-7-6-11-20-14)19-9-4-5-10-19/h6-7,11,13H,2-5,8-10,12H2,1H3,(H3,16,17,18). The molecule has 0 radical (unpaired) electrons. The molecule has 1 unspecified atom stereocenters. The van der Waals surface area contributed by atoms with E-state index in [1.807, 2.05) is 12.1 Å². The van der Waals surface area contributed by atoms with Crippen molar-refractivity contribution in [2.24, 2.45) is 10.7 Å². The highest BCUT2D eigenvalue weighted by atomic mass is 16.3. The molecule has 1 aliphatic heterocycles. The lowest BCUT2D eigenvalue weighted by Gasteiger charge is -2.24. The van der Waals surface area contributed by atoms with Crippen LogP contribution in [0.2, 0.25) is 0 Å². The minimum absolute atomic E-state index is 0.207. The van der Waals surface area contributed by atoms with Gasteiger partial charge in [0.15, 0.2) is 5.96 Å². The number of furan rings is 1. The van der Waals surface area contributed by atoms with Crippen molar-refractivity contribution >= 4 is 5.96 Å². The first-order chi connectivity index (χ1) is 9.81. The van der Waals surface area contributed by atoms with Crippen LogP contribution in [-0.4, -0.2) is 37.0 Å². The molecule has 1 fully saturated rings. The smallest absolute Gasteiger partial charge is 0.188 e. The second-order valence-corrected chi connectivity index (χ2v) is 5.28. The van der Waals surface area contributed by atoms with Crippen molar-refractivity contribution < 1.29 is 4.42 Å². The van der Waals surface area contributed by atoms with Crippen LogP contribution in [0.25, 0.3) is 0 Å². The van der Waals surface area contributed by atoms with Gasteiger partial charge in [-0.2, -0.15) is 0 Å². The third-order valence-electron chi connectivity index (χ3n) is 3.72. The average molecular weight is 278 g/mol. The molecule has 0 spiro atoms. The van der Waals surface area contributed by atoms with Crippen molar-refractivity contribution in [3.8, 4) is 0 Å². The van der Waals surface area contributed by atoms with Crippen LogP contribution in [0.3, 0.4) is 0 Å². The first kappa shape index (κ1) is 14.9. The Labute approximate surface area is 121 Å². The van der Waals surface area contributed by atoms with E-state index in [9.17, 15) is 0 Å². The third-order valence-corrected chi connectivity index (χ3v) is 3.72. The summed E-state index contributed by atoms with van der Waals surface area (Å²) in [6.45, 7) is 5.93. The van der Waals surface area contributed by atoms with Gasteiger partial charge in [0.2, 0.25) is 0 Å². The van der Waals surface area contributed by atoms with Gasteiger partial charge in [-0.25, -0.2) is 0 Å². The molecule has 5 nitrogen and oxygen atoms in total. The van der Waals surface area contributed by atoms with Crippen molar-refractivity contribution in [1.29, 1.82) is 0 Å². The Kier molecular flexibility index (Phi) is 5.92. The van der Waals surface area contributed by atoms with Gasteiger partial charge < -0.3 is 15.5 Å². The van der Waals surface area contributed by atoms with Crippen LogP contribution < -0.4 is 11.1 Å². The van der Waals surface area contributed by atoms with E-state index < -0.39 is 0 Å². The molecule has 3 N–H and O–H groups in total. The van der Waals surface area contributed by atoms with E-state index in [1.165, 1.54) is 12.8 Å². The van der Waals surface area contributed by atoms with Crippen LogP contribution in [0, 0.1) is 0 Å². The molecular weight excluding hydrogens is 252 g/mol. The predicted molar refractivity (Wildman–Crippen MR) is 81.7 cm³/mol. The van der Waals surface area contributed by atoms with Crippen molar-refractivity contribution in [1.82, 2.24) is 10.2 Å². The largest absolute Gasteiger partial charge is 0.468 e. The van der Waals surface area contributed by atoms with E-state index in [4.69, 9.17) is 10.2 Å². The number of unbranched alkanes of at least 4 members (excludes halogenated alkanes) is 1. The highest BCUT2D eigenvalue weighted by Gasteiger charge is 2.25. The Balaban J connectivity index is 1.92. The van der Waals surface area contributed by atoms with Gasteiger partial charge in [-0.15, -0.1) is 0 Å². The molecule has 0 aromatic carbocycles. The van der Waals surface area contributed by atoms with E-state index in [-0.39, 0.29) is 6.04 Å². The highest BCUT2D eigenvalue weighted by molar-refractivity contribution is 5.77. The Hall–Kier alpha value is -1.49.